The normalized spacial score (nSPS) is 11.3. The Labute approximate surface area is 147 Å². The summed E-state index contributed by atoms with van der Waals surface area (Å²) in [7, 11) is 1.53. The topological polar surface area (TPSA) is 29.5 Å². The molecule has 0 heterocycles. The van der Waals surface area contributed by atoms with Gasteiger partial charge in [-0.1, -0.05) is 0 Å². The zero-order valence-corrected chi connectivity index (χ0v) is 14.0. The highest BCUT2D eigenvalue weighted by Crippen LogP contribution is 2.36. The van der Waals surface area contributed by atoms with Gasteiger partial charge < -0.3 is 9.64 Å². The van der Waals surface area contributed by atoms with E-state index in [9.17, 15) is 26.7 Å². The third-order valence-corrected chi connectivity index (χ3v) is 3.69. The summed E-state index contributed by atoms with van der Waals surface area (Å²) >= 11 is 0. The number of amides is 1. The van der Waals surface area contributed by atoms with Crippen molar-refractivity contribution in [1.82, 2.24) is 4.90 Å². The zero-order chi connectivity index (χ0) is 19.5. The van der Waals surface area contributed by atoms with E-state index in [1.165, 1.54) is 18.0 Å². The van der Waals surface area contributed by atoms with Crippen molar-refractivity contribution in [3.05, 3.63) is 53.6 Å². The minimum atomic E-state index is -4.69. The first-order valence-corrected chi connectivity index (χ1v) is 7.65. The molecule has 0 aliphatic carbocycles. The Bertz CT molecular complexity index is 784. The predicted molar refractivity (Wildman–Crippen MR) is 85.6 cm³/mol. The summed E-state index contributed by atoms with van der Waals surface area (Å²) in [6.45, 7) is 1.69. The van der Waals surface area contributed by atoms with Crippen LogP contribution in [0.15, 0.2) is 36.4 Å². The average Bonchev–Trinajstić information content (AvgIpc) is 2.57. The molecule has 1 amide bonds. The van der Waals surface area contributed by atoms with Gasteiger partial charge in [-0.15, -0.1) is 0 Å². The molecule has 2 rings (SSSR count). The molecule has 0 aliphatic heterocycles. The van der Waals surface area contributed by atoms with Crippen molar-refractivity contribution in [1.29, 1.82) is 0 Å². The number of halogens is 5. The van der Waals surface area contributed by atoms with Crippen molar-refractivity contribution >= 4 is 5.91 Å². The molecular weight excluding hydrogens is 357 g/mol. The molecule has 0 saturated carbocycles. The quantitative estimate of drug-likeness (QED) is 0.722. The molecule has 0 fully saturated rings. The Balaban J connectivity index is 2.41. The van der Waals surface area contributed by atoms with Crippen LogP contribution in [0, 0.1) is 11.6 Å². The maximum absolute atomic E-state index is 13.4. The van der Waals surface area contributed by atoms with Gasteiger partial charge >= 0.3 is 6.18 Å². The van der Waals surface area contributed by atoms with Crippen LogP contribution in [0.3, 0.4) is 0 Å². The molecule has 8 heteroatoms. The number of carbonyl (C=O) groups excluding carboxylic acids is 1. The fraction of sp³-hybridized carbons (Fsp3) is 0.278. The number of carbonyl (C=O) groups is 1. The molecule has 0 saturated heterocycles. The van der Waals surface area contributed by atoms with Crippen LogP contribution in [0.25, 0.3) is 11.1 Å². The third-order valence-electron chi connectivity index (χ3n) is 3.69. The molecule has 0 radical (unpaired) electrons. The van der Waals surface area contributed by atoms with Gasteiger partial charge in [0.05, 0.1) is 5.56 Å². The molecule has 2 aromatic rings. The molecule has 140 valence electrons. The Kier molecular flexibility index (Phi) is 5.84. The maximum Gasteiger partial charge on any atom is 0.416 e. The Morgan fingerprint density at radius 2 is 1.58 bits per heavy atom. The van der Waals surface area contributed by atoms with Gasteiger partial charge in [-0.05, 0) is 48.4 Å². The number of hydrogen-bond donors (Lipinski definition) is 0. The lowest BCUT2D eigenvalue weighted by atomic mass is 10.0. The van der Waals surface area contributed by atoms with Crippen molar-refractivity contribution < 1.29 is 31.5 Å². The van der Waals surface area contributed by atoms with E-state index < -0.39 is 35.9 Å². The lowest BCUT2D eigenvalue weighted by Gasteiger charge is -2.16. The molecule has 0 aromatic heterocycles. The van der Waals surface area contributed by atoms with Gasteiger partial charge in [0.1, 0.15) is 17.4 Å². The Morgan fingerprint density at radius 3 is 2.12 bits per heavy atom. The molecular formula is C18H16F5NO2. The van der Waals surface area contributed by atoms with E-state index >= 15 is 0 Å². The molecule has 0 aliphatic rings. The molecule has 0 unspecified atom stereocenters. The second kappa shape index (κ2) is 7.72. The largest absolute Gasteiger partial charge is 0.484 e. The molecule has 0 spiro atoms. The minimum absolute atomic E-state index is 0.0737. The monoisotopic (exact) mass is 373 g/mol. The van der Waals surface area contributed by atoms with Crippen molar-refractivity contribution in [2.24, 2.45) is 0 Å². The van der Waals surface area contributed by atoms with Gasteiger partial charge in [0.25, 0.3) is 5.91 Å². The van der Waals surface area contributed by atoms with E-state index in [2.05, 4.69) is 0 Å². The van der Waals surface area contributed by atoms with Crippen molar-refractivity contribution in [3.8, 4) is 16.9 Å². The van der Waals surface area contributed by atoms with Gasteiger partial charge in [0.15, 0.2) is 6.61 Å². The number of ether oxygens (including phenoxy) is 1. The second-order valence-electron chi connectivity index (χ2n) is 5.60. The number of rotatable bonds is 5. The Morgan fingerprint density at radius 1 is 1.00 bits per heavy atom. The van der Waals surface area contributed by atoms with Crippen LogP contribution in [0.1, 0.15) is 12.5 Å². The molecule has 0 atom stereocenters. The lowest BCUT2D eigenvalue weighted by Crippen LogP contribution is -2.31. The van der Waals surface area contributed by atoms with E-state index in [0.29, 0.717) is 12.6 Å². The summed E-state index contributed by atoms with van der Waals surface area (Å²) in [5, 5.41) is 0. The van der Waals surface area contributed by atoms with Gasteiger partial charge in [-0.2, -0.15) is 13.2 Å². The first-order chi connectivity index (χ1) is 12.1. The summed E-state index contributed by atoms with van der Waals surface area (Å²) in [6.07, 6.45) is -4.69. The smallest absolute Gasteiger partial charge is 0.416 e. The highest BCUT2D eigenvalue weighted by atomic mass is 19.4. The standard InChI is InChI=1S/C18H16F5NO2/c1-3-24(2)17(25)10-26-16-7-11(4-13(8-16)18(21,22)23)12-5-14(19)9-15(20)6-12/h4-9H,3,10H2,1-2H3. The molecule has 0 bridgehead atoms. The van der Waals surface area contributed by atoms with Crippen LogP contribution in [0.5, 0.6) is 5.75 Å². The zero-order valence-electron chi connectivity index (χ0n) is 14.0. The predicted octanol–water partition coefficient (Wildman–Crippen LogP) is 4.51. The highest BCUT2D eigenvalue weighted by molar-refractivity contribution is 5.77. The molecule has 3 nitrogen and oxygen atoms in total. The van der Waals surface area contributed by atoms with E-state index in [4.69, 9.17) is 4.74 Å². The average molecular weight is 373 g/mol. The lowest BCUT2D eigenvalue weighted by molar-refractivity contribution is -0.137. The maximum atomic E-state index is 13.4. The summed E-state index contributed by atoms with van der Waals surface area (Å²) in [5.74, 6) is -2.47. The van der Waals surface area contributed by atoms with Crippen molar-refractivity contribution in [2.45, 2.75) is 13.1 Å². The highest BCUT2D eigenvalue weighted by Gasteiger charge is 2.31. The van der Waals surface area contributed by atoms with E-state index in [1.807, 2.05) is 0 Å². The van der Waals surface area contributed by atoms with Crippen molar-refractivity contribution in [2.75, 3.05) is 20.2 Å². The molecule has 0 N–H and O–H groups in total. The first-order valence-electron chi connectivity index (χ1n) is 7.65. The van der Waals surface area contributed by atoms with Crippen LogP contribution >= 0.6 is 0 Å². The minimum Gasteiger partial charge on any atom is -0.484 e. The fourth-order valence-corrected chi connectivity index (χ4v) is 2.16. The van der Waals surface area contributed by atoms with Crippen LogP contribution in [-0.2, 0) is 11.0 Å². The third kappa shape index (κ3) is 4.93. The van der Waals surface area contributed by atoms with Gasteiger partial charge in [-0.25, -0.2) is 8.78 Å². The van der Waals surface area contributed by atoms with Crippen LogP contribution in [0.4, 0.5) is 22.0 Å². The molecule has 2 aromatic carbocycles. The molecule has 26 heavy (non-hydrogen) atoms. The van der Waals surface area contributed by atoms with Gasteiger partial charge in [-0.3, -0.25) is 4.79 Å². The number of hydrogen-bond acceptors (Lipinski definition) is 2. The number of nitrogens with zero attached hydrogens (tertiary/aromatic N) is 1. The second-order valence-corrected chi connectivity index (χ2v) is 5.60. The fourth-order valence-electron chi connectivity index (χ4n) is 2.16. The van der Waals surface area contributed by atoms with Crippen LogP contribution < -0.4 is 4.74 Å². The summed E-state index contributed by atoms with van der Waals surface area (Å²) < 4.78 is 71.3. The number of alkyl halides is 3. The van der Waals surface area contributed by atoms with E-state index in [-0.39, 0.29) is 16.9 Å². The summed E-state index contributed by atoms with van der Waals surface area (Å²) in [6, 6.07) is 5.15. The summed E-state index contributed by atoms with van der Waals surface area (Å²) in [5.41, 5.74) is -1.20. The Hall–Kier alpha value is -2.64. The first kappa shape index (κ1) is 19.7. The number of benzene rings is 2. The SMILES string of the molecule is CCN(C)C(=O)COc1cc(-c2cc(F)cc(F)c2)cc(C(F)(F)F)c1. The van der Waals surface area contributed by atoms with Gasteiger partial charge in [0.2, 0.25) is 0 Å². The van der Waals surface area contributed by atoms with Crippen LogP contribution in [0.2, 0.25) is 0 Å². The van der Waals surface area contributed by atoms with Gasteiger partial charge in [0, 0.05) is 19.7 Å². The van der Waals surface area contributed by atoms with Crippen molar-refractivity contribution in [3.63, 3.8) is 0 Å². The van der Waals surface area contributed by atoms with E-state index in [1.54, 1.807) is 6.92 Å². The number of likely N-dealkylation sites (N-methyl/N-ethyl adjacent to an activating group) is 1. The summed E-state index contributed by atoms with van der Waals surface area (Å²) in [4.78, 5) is 13.1. The van der Waals surface area contributed by atoms with Crippen LogP contribution in [-0.4, -0.2) is 31.0 Å². The van der Waals surface area contributed by atoms with E-state index in [0.717, 1.165) is 24.3 Å².